The Morgan fingerprint density at radius 3 is 2.68 bits per heavy atom. The van der Waals surface area contributed by atoms with Crippen LogP contribution < -0.4 is 11.1 Å². The van der Waals surface area contributed by atoms with Crippen molar-refractivity contribution in [2.75, 3.05) is 5.32 Å². The summed E-state index contributed by atoms with van der Waals surface area (Å²) in [4.78, 5) is 0.351. The first-order valence-electron chi connectivity index (χ1n) is 6.94. The van der Waals surface area contributed by atoms with E-state index in [0.29, 0.717) is 16.1 Å². The van der Waals surface area contributed by atoms with Crippen molar-refractivity contribution in [2.24, 2.45) is 11.7 Å². The van der Waals surface area contributed by atoms with Gasteiger partial charge in [0.05, 0.1) is 10.6 Å². The van der Waals surface area contributed by atoms with Crippen molar-refractivity contribution in [3.63, 3.8) is 0 Å². The highest BCUT2D eigenvalue weighted by atomic mass is 35.5. The molecular weight excluding hydrogens is 276 g/mol. The molecule has 4 heteroatoms. The van der Waals surface area contributed by atoms with Gasteiger partial charge < -0.3 is 11.1 Å². The number of nitrogens with two attached hydrogens (primary N) is 1. The van der Waals surface area contributed by atoms with E-state index in [0.717, 1.165) is 17.2 Å². The van der Waals surface area contributed by atoms with Gasteiger partial charge in [-0.05, 0) is 37.8 Å². The zero-order chi connectivity index (χ0) is 13.8. The molecule has 0 amide bonds. The van der Waals surface area contributed by atoms with E-state index < -0.39 is 0 Å². The molecule has 1 saturated carbocycles. The first-order chi connectivity index (χ1) is 9.09. The highest BCUT2D eigenvalue weighted by Gasteiger charge is 2.21. The Morgan fingerprint density at radius 2 is 2.05 bits per heavy atom. The Hall–Kier alpha value is -0.800. The molecule has 1 fully saturated rings. The molecule has 1 aliphatic rings. The minimum absolute atomic E-state index is 0.351. The molecule has 0 bridgehead atoms. The van der Waals surface area contributed by atoms with Gasteiger partial charge in [0.25, 0.3) is 0 Å². The Labute approximate surface area is 125 Å². The molecule has 0 radical (unpaired) electrons. The van der Waals surface area contributed by atoms with Crippen LogP contribution in [0.1, 0.15) is 44.6 Å². The number of anilines is 1. The van der Waals surface area contributed by atoms with Crippen molar-refractivity contribution in [3.8, 4) is 0 Å². The molecule has 3 N–H and O–H groups in total. The van der Waals surface area contributed by atoms with Crippen LogP contribution in [0.15, 0.2) is 18.2 Å². The monoisotopic (exact) mass is 296 g/mol. The normalized spacial score (nSPS) is 18.0. The van der Waals surface area contributed by atoms with Crippen LogP contribution in [0.4, 0.5) is 5.69 Å². The van der Waals surface area contributed by atoms with Crippen molar-refractivity contribution in [2.45, 2.75) is 45.1 Å². The maximum Gasteiger partial charge on any atom is 0.107 e. The number of rotatable bonds is 4. The van der Waals surface area contributed by atoms with Gasteiger partial charge in [0.15, 0.2) is 0 Å². The molecule has 0 heterocycles. The maximum atomic E-state index is 6.19. The minimum atomic E-state index is 0.351. The number of halogens is 1. The summed E-state index contributed by atoms with van der Waals surface area (Å²) in [6.45, 7) is 2.24. The molecule has 1 unspecified atom stereocenters. The molecule has 104 valence electrons. The van der Waals surface area contributed by atoms with E-state index in [2.05, 4.69) is 12.2 Å². The number of nitrogens with one attached hydrogen (secondary N) is 1. The van der Waals surface area contributed by atoms with Gasteiger partial charge >= 0.3 is 0 Å². The lowest BCUT2D eigenvalue weighted by Crippen LogP contribution is -2.29. The molecule has 1 aromatic rings. The molecule has 0 spiro atoms. The second kappa shape index (κ2) is 6.58. The molecule has 0 aliphatic heterocycles. The smallest absolute Gasteiger partial charge is 0.107 e. The largest absolute Gasteiger partial charge is 0.389 e. The summed E-state index contributed by atoms with van der Waals surface area (Å²) in [6, 6.07) is 6.18. The topological polar surface area (TPSA) is 38.0 Å². The molecule has 19 heavy (non-hydrogen) atoms. The van der Waals surface area contributed by atoms with Crippen LogP contribution in [0.5, 0.6) is 0 Å². The Morgan fingerprint density at radius 1 is 1.37 bits per heavy atom. The molecule has 1 aliphatic carbocycles. The standard InChI is InChI=1S/C15H21ClN2S/c1-10(11-6-3-2-4-7-11)18-13-9-5-8-12(16)14(13)15(17)19/h5,8-11,18H,2-4,6-7H2,1H3,(H2,17,19). The molecule has 1 aromatic carbocycles. The minimum Gasteiger partial charge on any atom is -0.389 e. The Kier molecular flexibility index (Phi) is 5.06. The number of benzene rings is 1. The molecule has 1 atom stereocenters. The lowest BCUT2D eigenvalue weighted by Gasteiger charge is -2.29. The summed E-state index contributed by atoms with van der Waals surface area (Å²) in [5.41, 5.74) is 7.50. The van der Waals surface area contributed by atoms with E-state index >= 15 is 0 Å². The predicted molar refractivity (Wildman–Crippen MR) is 87.0 cm³/mol. The van der Waals surface area contributed by atoms with Crippen LogP contribution in [0.3, 0.4) is 0 Å². The lowest BCUT2D eigenvalue weighted by atomic mass is 9.84. The summed E-state index contributed by atoms with van der Waals surface area (Å²) in [5.74, 6) is 0.729. The van der Waals surface area contributed by atoms with Crippen LogP contribution in [0, 0.1) is 5.92 Å². The van der Waals surface area contributed by atoms with Gasteiger partial charge in [0, 0.05) is 11.7 Å². The molecule has 0 aromatic heterocycles. The first-order valence-corrected chi connectivity index (χ1v) is 7.73. The van der Waals surface area contributed by atoms with Crippen LogP contribution in [0.2, 0.25) is 5.02 Å². The fourth-order valence-corrected chi connectivity index (χ4v) is 3.44. The average molecular weight is 297 g/mol. The Balaban J connectivity index is 2.14. The van der Waals surface area contributed by atoms with Gasteiger partial charge in [-0.2, -0.15) is 0 Å². The van der Waals surface area contributed by atoms with Crippen molar-refractivity contribution >= 4 is 34.5 Å². The highest BCUT2D eigenvalue weighted by Crippen LogP contribution is 2.30. The second-order valence-corrected chi connectivity index (χ2v) is 6.20. The van der Waals surface area contributed by atoms with Gasteiger partial charge in [0.1, 0.15) is 4.99 Å². The van der Waals surface area contributed by atoms with Gasteiger partial charge in [-0.25, -0.2) is 0 Å². The third-order valence-electron chi connectivity index (χ3n) is 4.00. The third kappa shape index (κ3) is 3.61. The van der Waals surface area contributed by atoms with Crippen molar-refractivity contribution < 1.29 is 0 Å². The van der Waals surface area contributed by atoms with Crippen molar-refractivity contribution in [1.82, 2.24) is 0 Å². The summed E-state index contributed by atoms with van der Waals surface area (Å²) in [7, 11) is 0. The van der Waals surface area contributed by atoms with E-state index in [9.17, 15) is 0 Å². The zero-order valence-electron chi connectivity index (χ0n) is 11.3. The van der Waals surface area contributed by atoms with Gasteiger partial charge in [-0.1, -0.05) is 49.1 Å². The van der Waals surface area contributed by atoms with E-state index in [-0.39, 0.29) is 0 Å². The molecule has 2 nitrogen and oxygen atoms in total. The first kappa shape index (κ1) is 14.6. The van der Waals surface area contributed by atoms with Gasteiger partial charge in [-0.3, -0.25) is 0 Å². The van der Waals surface area contributed by atoms with Crippen LogP contribution in [-0.4, -0.2) is 11.0 Å². The SMILES string of the molecule is CC(Nc1cccc(Cl)c1C(N)=S)C1CCCCC1. The maximum absolute atomic E-state index is 6.19. The number of hydrogen-bond acceptors (Lipinski definition) is 2. The third-order valence-corrected chi connectivity index (χ3v) is 4.52. The molecule has 0 saturated heterocycles. The van der Waals surface area contributed by atoms with Crippen LogP contribution in [-0.2, 0) is 0 Å². The second-order valence-electron chi connectivity index (χ2n) is 5.36. The van der Waals surface area contributed by atoms with E-state index in [1.165, 1.54) is 32.1 Å². The van der Waals surface area contributed by atoms with Crippen molar-refractivity contribution in [1.29, 1.82) is 0 Å². The van der Waals surface area contributed by atoms with E-state index in [4.69, 9.17) is 29.6 Å². The summed E-state index contributed by atoms with van der Waals surface area (Å²) in [5, 5.41) is 4.17. The fraction of sp³-hybridized carbons (Fsp3) is 0.533. The van der Waals surface area contributed by atoms with Crippen LogP contribution >= 0.6 is 23.8 Å². The Bertz CT molecular complexity index is 455. The van der Waals surface area contributed by atoms with E-state index in [1.54, 1.807) is 0 Å². The molecular formula is C15H21ClN2S. The van der Waals surface area contributed by atoms with Gasteiger partial charge in [-0.15, -0.1) is 0 Å². The van der Waals surface area contributed by atoms with Gasteiger partial charge in [0.2, 0.25) is 0 Å². The lowest BCUT2D eigenvalue weighted by molar-refractivity contribution is 0.328. The summed E-state index contributed by atoms with van der Waals surface area (Å²) < 4.78 is 0. The zero-order valence-corrected chi connectivity index (χ0v) is 12.9. The van der Waals surface area contributed by atoms with E-state index in [1.807, 2.05) is 18.2 Å². The number of thiocarbonyl (C=S) groups is 1. The quantitative estimate of drug-likeness (QED) is 0.811. The van der Waals surface area contributed by atoms with Crippen molar-refractivity contribution in [3.05, 3.63) is 28.8 Å². The van der Waals surface area contributed by atoms with Crippen LogP contribution in [0.25, 0.3) is 0 Å². The molecule has 2 rings (SSSR count). The fourth-order valence-electron chi connectivity index (χ4n) is 2.89. The number of hydrogen-bond donors (Lipinski definition) is 2. The summed E-state index contributed by atoms with van der Waals surface area (Å²) in [6.07, 6.45) is 6.66. The predicted octanol–water partition coefficient (Wildman–Crippen LogP) is 4.35. The summed E-state index contributed by atoms with van der Waals surface area (Å²) >= 11 is 11.3. The highest BCUT2D eigenvalue weighted by molar-refractivity contribution is 7.80. The average Bonchev–Trinajstić information content (AvgIpc) is 2.39.